The van der Waals surface area contributed by atoms with E-state index in [0.717, 1.165) is 31.4 Å². The largest absolute Gasteiger partial charge is 0.249 e. The van der Waals surface area contributed by atoms with Crippen LogP contribution in [0.15, 0.2) is 0 Å². The smallest absolute Gasteiger partial charge is 0.145 e. The van der Waals surface area contributed by atoms with Crippen LogP contribution in [0.4, 0.5) is 0 Å². The Morgan fingerprint density at radius 2 is 2.12 bits per heavy atom. The minimum atomic E-state index is 0.397. The molecule has 0 aromatic carbocycles. The van der Waals surface area contributed by atoms with E-state index in [2.05, 4.69) is 18.1 Å². The van der Waals surface area contributed by atoms with Crippen LogP contribution < -0.4 is 0 Å². The molecule has 1 aliphatic carbocycles. The molecule has 1 aliphatic rings. The zero-order valence-electron chi connectivity index (χ0n) is 10.2. The molecule has 0 amide bonds. The topological polar surface area (TPSA) is 41.6 Å². The van der Waals surface area contributed by atoms with Crippen molar-refractivity contribution in [3.05, 3.63) is 16.4 Å². The predicted molar refractivity (Wildman–Crippen MR) is 68.1 cm³/mol. The highest BCUT2D eigenvalue weighted by Gasteiger charge is 2.22. The third kappa shape index (κ3) is 2.47. The highest BCUT2D eigenvalue weighted by atomic mass is 35.5. The summed E-state index contributed by atoms with van der Waals surface area (Å²) in [6.07, 6.45) is 7.89. The normalized spacial score (nSPS) is 17.0. The number of hydrogen-bond donors (Lipinski definition) is 0. The minimum absolute atomic E-state index is 0.397. The van der Waals surface area contributed by atoms with Crippen LogP contribution in [0.5, 0.6) is 0 Å². The lowest BCUT2D eigenvalue weighted by molar-refractivity contribution is 0.328. The van der Waals surface area contributed by atoms with Gasteiger partial charge in [-0.2, -0.15) is 10.4 Å². The first-order valence-corrected chi connectivity index (χ1v) is 6.82. The van der Waals surface area contributed by atoms with Crippen LogP contribution in [0.1, 0.15) is 62.7 Å². The Hall–Kier alpha value is -1.01. The molecule has 1 saturated carbocycles. The molecule has 0 unspecified atom stereocenters. The zero-order valence-corrected chi connectivity index (χ0v) is 11.0. The fraction of sp³-hybridized carbons (Fsp3) is 0.692. The second-order valence-corrected chi connectivity index (χ2v) is 5.07. The van der Waals surface area contributed by atoms with E-state index in [0.29, 0.717) is 16.8 Å². The van der Waals surface area contributed by atoms with Gasteiger partial charge in [0.2, 0.25) is 0 Å². The molecule has 1 aromatic heterocycles. The first kappa shape index (κ1) is 12.4. The molecule has 1 heterocycles. The number of rotatable bonds is 3. The van der Waals surface area contributed by atoms with Crippen molar-refractivity contribution in [1.29, 1.82) is 5.26 Å². The summed E-state index contributed by atoms with van der Waals surface area (Å²) in [6, 6.07) is 2.59. The number of aryl methyl sites for hydroxylation is 1. The lowest BCUT2D eigenvalue weighted by atomic mass is 9.96. The number of hydrogen-bond acceptors (Lipinski definition) is 2. The molecule has 2 rings (SSSR count). The highest BCUT2D eigenvalue weighted by molar-refractivity contribution is 6.30. The van der Waals surface area contributed by atoms with Crippen molar-refractivity contribution in [2.45, 2.75) is 57.9 Å². The molecular weight excluding hydrogens is 234 g/mol. The first-order chi connectivity index (χ1) is 8.27. The van der Waals surface area contributed by atoms with Gasteiger partial charge in [0.05, 0.1) is 11.7 Å². The van der Waals surface area contributed by atoms with Crippen LogP contribution in [0.3, 0.4) is 0 Å². The van der Waals surface area contributed by atoms with Gasteiger partial charge in [-0.15, -0.1) is 0 Å². The summed E-state index contributed by atoms with van der Waals surface area (Å²) in [6.45, 7) is 2.09. The molecule has 0 spiro atoms. The average molecular weight is 252 g/mol. The molecule has 0 radical (unpaired) electrons. The molecule has 0 aliphatic heterocycles. The van der Waals surface area contributed by atoms with Crippen molar-refractivity contribution in [3.8, 4) is 6.07 Å². The maximum absolute atomic E-state index is 9.15. The van der Waals surface area contributed by atoms with Gasteiger partial charge in [-0.25, -0.2) is 4.68 Å². The van der Waals surface area contributed by atoms with Crippen molar-refractivity contribution in [3.63, 3.8) is 0 Å². The quantitative estimate of drug-likeness (QED) is 0.818. The predicted octanol–water partition coefficient (Wildman–Crippen LogP) is 3.87. The van der Waals surface area contributed by atoms with E-state index in [1.807, 2.05) is 4.68 Å². The fourth-order valence-electron chi connectivity index (χ4n) is 2.55. The highest BCUT2D eigenvalue weighted by Crippen LogP contribution is 2.32. The SMILES string of the molecule is CCCc1nn(C2CCCCC2)c(Cl)c1C#N. The van der Waals surface area contributed by atoms with Gasteiger partial charge in [0.1, 0.15) is 16.8 Å². The average Bonchev–Trinajstić information content (AvgIpc) is 2.67. The summed E-state index contributed by atoms with van der Waals surface area (Å²) in [5.41, 5.74) is 1.45. The Morgan fingerprint density at radius 1 is 1.41 bits per heavy atom. The molecule has 1 fully saturated rings. The Morgan fingerprint density at radius 3 is 2.71 bits per heavy atom. The number of nitriles is 1. The molecule has 0 atom stereocenters. The van der Waals surface area contributed by atoms with Gasteiger partial charge in [-0.05, 0) is 19.3 Å². The van der Waals surface area contributed by atoms with Crippen LogP contribution in [-0.4, -0.2) is 9.78 Å². The fourth-order valence-corrected chi connectivity index (χ4v) is 2.87. The maximum atomic E-state index is 9.15. The molecule has 0 bridgehead atoms. The second kappa shape index (κ2) is 5.55. The monoisotopic (exact) mass is 251 g/mol. The molecular formula is C13H18ClN3. The Kier molecular flexibility index (Phi) is 4.06. The van der Waals surface area contributed by atoms with Crippen LogP contribution in [0.2, 0.25) is 5.15 Å². The third-order valence-electron chi connectivity index (χ3n) is 3.44. The molecule has 0 saturated heterocycles. The summed E-state index contributed by atoms with van der Waals surface area (Å²) >= 11 is 6.28. The van der Waals surface area contributed by atoms with Crippen molar-refractivity contribution in [1.82, 2.24) is 9.78 Å². The minimum Gasteiger partial charge on any atom is -0.249 e. The lowest BCUT2D eigenvalue weighted by Gasteiger charge is -2.22. The van der Waals surface area contributed by atoms with E-state index in [-0.39, 0.29) is 0 Å². The Balaban J connectivity index is 2.30. The Labute approximate surface area is 107 Å². The van der Waals surface area contributed by atoms with Crippen molar-refractivity contribution in [2.24, 2.45) is 0 Å². The van der Waals surface area contributed by atoms with Gasteiger partial charge in [0, 0.05) is 0 Å². The third-order valence-corrected chi connectivity index (χ3v) is 3.81. The number of halogens is 1. The van der Waals surface area contributed by atoms with Crippen molar-refractivity contribution < 1.29 is 0 Å². The molecule has 0 N–H and O–H groups in total. The van der Waals surface area contributed by atoms with E-state index in [1.54, 1.807) is 0 Å². The van der Waals surface area contributed by atoms with Crippen LogP contribution in [0, 0.1) is 11.3 Å². The van der Waals surface area contributed by atoms with Crippen LogP contribution >= 0.6 is 11.6 Å². The van der Waals surface area contributed by atoms with E-state index in [1.165, 1.54) is 19.3 Å². The number of nitrogens with zero attached hydrogens (tertiary/aromatic N) is 3. The second-order valence-electron chi connectivity index (χ2n) is 4.71. The van der Waals surface area contributed by atoms with E-state index in [4.69, 9.17) is 16.9 Å². The molecule has 3 nitrogen and oxygen atoms in total. The Bertz CT molecular complexity index is 425. The van der Waals surface area contributed by atoms with Crippen LogP contribution in [0.25, 0.3) is 0 Å². The van der Waals surface area contributed by atoms with Gasteiger partial charge in [-0.1, -0.05) is 44.2 Å². The van der Waals surface area contributed by atoms with E-state index < -0.39 is 0 Å². The van der Waals surface area contributed by atoms with Gasteiger partial charge >= 0.3 is 0 Å². The molecule has 92 valence electrons. The maximum Gasteiger partial charge on any atom is 0.145 e. The van der Waals surface area contributed by atoms with Gasteiger partial charge < -0.3 is 0 Å². The first-order valence-electron chi connectivity index (χ1n) is 6.45. The van der Waals surface area contributed by atoms with E-state index >= 15 is 0 Å². The van der Waals surface area contributed by atoms with Gasteiger partial charge in [0.25, 0.3) is 0 Å². The van der Waals surface area contributed by atoms with E-state index in [9.17, 15) is 0 Å². The standard InChI is InChI=1S/C13H18ClN3/c1-2-6-12-11(9-15)13(14)17(16-12)10-7-4-3-5-8-10/h10H,2-8H2,1H3. The molecule has 17 heavy (non-hydrogen) atoms. The molecule has 1 aromatic rings. The summed E-state index contributed by atoms with van der Waals surface area (Å²) < 4.78 is 1.89. The van der Waals surface area contributed by atoms with Gasteiger partial charge in [-0.3, -0.25) is 0 Å². The zero-order chi connectivity index (χ0) is 12.3. The summed E-state index contributed by atoms with van der Waals surface area (Å²) in [7, 11) is 0. The van der Waals surface area contributed by atoms with Crippen molar-refractivity contribution >= 4 is 11.6 Å². The molecule has 4 heteroatoms. The van der Waals surface area contributed by atoms with Crippen molar-refractivity contribution in [2.75, 3.05) is 0 Å². The van der Waals surface area contributed by atoms with Crippen LogP contribution in [-0.2, 0) is 6.42 Å². The van der Waals surface area contributed by atoms with Gasteiger partial charge in [0.15, 0.2) is 0 Å². The summed E-state index contributed by atoms with van der Waals surface area (Å²) in [5.74, 6) is 0. The number of aromatic nitrogens is 2. The lowest BCUT2D eigenvalue weighted by Crippen LogP contribution is -2.14. The summed E-state index contributed by atoms with van der Waals surface area (Å²) in [4.78, 5) is 0. The summed E-state index contributed by atoms with van der Waals surface area (Å²) in [5, 5.41) is 14.3.